The minimum absolute atomic E-state index is 0. The van der Waals surface area contributed by atoms with Crippen LogP contribution in [0.2, 0.25) is 20.6 Å². The zero-order chi connectivity index (χ0) is 43.0. The number of anilines is 1. The van der Waals surface area contributed by atoms with Gasteiger partial charge in [0, 0.05) is 12.4 Å². The van der Waals surface area contributed by atoms with E-state index in [2.05, 4.69) is 56.5 Å². The minimum Gasteiger partial charge on any atom is -0.412 e. The fraction of sp³-hybridized carbons (Fsp3) is 0.459. The van der Waals surface area contributed by atoms with Gasteiger partial charge in [-0.1, -0.05) is 62.3 Å². The van der Waals surface area contributed by atoms with E-state index in [1.54, 1.807) is 28.3 Å². The summed E-state index contributed by atoms with van der Waals surface area (Å²) in [5, 5.41) is 25.4. The number of hydrogen-bond donors (Lipinski definition) is 2. The Morgan fingerprint density at radius 3 is 1.56 bits per heavy atom. The van der Waals surface area contributed by atoms with Crippen molar-refractivity contribution in [1.29, 1.82) is 0 Å². The maximum absolute atomic E-state index is 6.04. The van der Waals surface area contributed by atoms with Crippen molar-refractivity contribution in [2.75, 3.05) is 18.2 Å². The van der Waals surface area contributed by atoms with Crippen LogP contribution in [0.15, 0.2) is 36.7 Å². The number of fused-ring (bicyclic) bond motifs is 2. The highest BCUT2D eigenvalue weighted by Crippen LogP contribution is 2.36. The lowest BCUT2D eigenvalue weighted by Crippen LogP contribution is -2.41. The molecular weight excluding hydrogens is 909 g/mol. The Labute approximate surface area is 374 Å². The van der Waals surface area contributed by atoms with Crippen molar-refractivity contribution in [3.8, 4) is 0 Å². The predicted octanol–water partition coefficient (Wildman–Crippen LogP) is 7.90. The van der Waals surface area contributed by atoms with Gasteiger partial charge in [0.2, 0.25) is 0 Å². The third-order valence-electron chi connectivity index (χ3n) is 8.71. The molecule has 0 saturated carbocycles. The number of methoxy groups -OCH3 is 1. The number of ether oxygens (including phenoxy) is 1. The Morgan fingerprint density at radius 2 is 1.15 bits per heavy atom. The summed E-state index contributed by atoms with van der Waals surface area (Å²) in [7, 11) is 1.27. The van der Waals surface area contributed by atoms with Gasteiger partial charge in [0.25, 0.3) is 0 Å². The summed E-state index contributed by atoms with van der Waals surface area (Å²) in [5.74, 6) is 0.430. The second-order valence-electron chi connectivity index (χ2n) is 14.8. The fourth-order valence-corrected chi connectivity index (χ4v) is 5.48. The van der Waals surface area contributed by atoms with Crippen molar-refractivity contribution < 1.29 is 19.5 Å². The third kappa shape index (κ3) is 15.3. The summed E-state index contributed by atoms with van der Waals surface area (Å²) in [4.78, 5) is 8.75. The molecule has 0 aliphatic carbocycles. The van der Waals surface area contributed by atoms with Crippen molar-refractivity contribution in [2.45, 2.75) is 99.9 Å². The molecule has 6 aromatic heterocycles. The largest absolute Gasteiger partial charge is 0.516 e. The number of halogens is 5. The molecule has 1 aliphatic rings. The molecule has 7 rings (SSSR count). The van der Waals surface area contributed by atoms with Crippen LogP contribution in [0.3, 0.4) is 0 Å². The zero-order valence-corrected chi connectivity index (χ0v) is 40.2. The van der Waals surface area contributed by atoms with Gasteiger partial charge in [-0.15, -0.1) is 20.4 Å². The van der Waals surface area contributed by atoms with Gasteiger partial charge in [0.05, 0.1) is 46.2 Å². The minimum atomic E-state index is -0.439. The molecule has 0 radical (unpaired) electrons. The van der Waals surface area contributed by atoms with E-state index in [0.717, 1.165) is 55.9 Å². The van der Waals surface area contributed by atoms with Gasteiger partial charge >= 0.3 is 7.12 Å². The van der Waals surface area contributed by atoms with E-state index in [4.69, 9.17) is 66.2 Å². The molecule has 7 N–H and O–H groups in total. The molecule has 0 amide bonds. The second kappa shape index (κ2) is 22.5. The van der Waals surface area contributed by atoms with Crippen molar-refractivity contribution in [3.63, 3.8) is 0 Å². The van der Waals surface area contributed by atoms with Crippen LogP contribution in [0.4, 0.5) is 5.82 Å². The van der Waals surface area contributed by atoms with E-state index in [1.807, 2.05) is 108 Å². The first-order chi connectivity index (χ1) is 26.4. The molecule has 22 heteroatoms. The number of imidazole rings is 2. The van der Waals surface area contributed by atoms with Crippen LogP contribution in [0.1, 0.15) is 75.2 Å². The lowest BCUT2D eigenvalue weighted by atomic mass is 9.84. The summed E-state index contributed by atoms with van der Waals surface area (Å²) < 4.78 is 20.6. The quantitative estimate of drug-likeness (QED) is 0.127. The molecule has 59 heavy (non-hydrogen) atoms. The molecule has 16 nitrogen and oxygen atoms in total. The molecule has 0 atom stereocenters. The van der Waals surface area contributed by atoms with E-state index in [1.165, 1.54) is 0 Å². The highest BCUT2D eigenvalue weighted by molar-refractivity contribution is 9.09. The van der Waals surface area contributed by atoms with Crippen LogP contribution < -0.4 is 17.5 Å². The van der Waals surface area contributed by atoms with E-state index < -0.39 is 7.12 Å². The standard InChI is InChI=1S/C14H20BN3O2.C8H8ClN3.C5H11BrO.C5H4Cl2N2.C5H6ClN3.H3N.H2O/c1-9-7-11(17-18-8-10(2)16-12(9)18)15-19-13(3,4)14(5,6)20-15;1-5-3-7(9)11-12-4-6(2)10-8(5)12;1-5(2,4-6)7-3;2*1-3-2-4(6)8-9-5(3)7;;/h7-8H,1-6H3;3-4H,1-2H3;4H2,1-3H3;2H,1H3;2H,1H3,(H2,7,9);1H3;1H2. The SMILES string of the molecule is COC(C)(C)CBr.Cc1cc(Cl)nnc1Cl.Cc1cc(Cl)nnc1N.Cc1cn2nc(B3OC(C)(C)C(C)(C)O3)cc(C)c2n1.Cc1cn2nc(Cl)cc(C)c2n1.N.O. The lowest BCUT2D eigenvalue weighted by Gasteiger charge is -2.32. The number of nitrogen functional groups attached to an aromatic ring is 1. The van der Waals surface area contributed by atoms with Crippen molar-refractivity contribution in [1.82, 2.24) is 55.7 Å². The third-order valence-corrected chi connectivity index (χ3v) is 11.0. The second-order valence-corrected chi connectivity index (χ2v) is 16.8. The van der Waals surface area contributed by atoms with E-state index >= 15 is 0 Å². The Bertz CT molecular complexity index is 2220. The van der Waals surface area contributed by atoms with Gasteiger partial charge in [0.15, 0.2) is 26.8 Å². The lowest BCUT2D eigenvalue weighted by molar-refractivity contribution is 0.00578. The van der Waals surface area contributed by atoms with Crippen LogP contribution in [-0.2, 0) is 14.0 Å². The molecule has 0 bridgehead atoms. The molecule has 0 unspecified atom stereocenters. The molecule has 324 valence electrons. The average Bonchev–Trinajstić information content (AvgIpc) is 3.76. The number of aryl methyl sites for hydroxylation is 6. The Balaban J connectivity index is 0.000000388. The molecular formula is C37H54BBrCl4N12O4. The van der Waals surface area contributed by atoms with Gasteiger partial charge < -0.3 is 31.4 Å². The number of rotatable bonds is 3. The topological polar surface area (TPSA) is 232 Å². The number of alkyl halides is 1. The molecule has 1 saturated heterocycles. The number of hydrogen-bond acceptors (Lipinski definition) is 13. The summed E-state index contributed by atoms with van der Waals surface area (Å²) >= 11 is 25.6. The molecule has 1 aliphatic heterocycles. The van der Waals surface area contributed by atoms with Crippen molar-refractivity contribution in [3.05, 3.63) is 90.9 Å². The summed E-state index contributed by atoms with van der Waals surface area (Å²) in [6.45, 7) is 23.8. The van der Waals surface area contributed by atoms with Gasteiger partial charge in [-0.25, -0.2) is 19.0 Å². The smallest absolute Gasteiger partial charge is 0.412 e. The highest BCUT2D eigenvalue weighted by atomic mass is 79.9. The summed E-state index contributed by atoms with van der Waals surface area (Å²) in [6.07, 6.45) is 3.77. The number of nitrogens with two attached hydrogens (primary N) is 1. The van der Waals surface area contributed by atoms with Crippen LogP contribution in [0, 0.1) is 41.5 Å². The maximum atomic E-state index is 6.04. The Hall–Kier alpha value is -3.30. The Kier molecular flexibility index (Phi) is 20.5. The van der Waals surface area contributed by atoms with Crippen LogP contribution >= 0.6 is 62.3 Å². The molecule has 6 aromatic rings. The molecule has 7 heterocycles. The average molecular weight is 963 g/mol. The van der Waals surface area contributed by atoms with Crippen LogP contribution in [0.5, 0.6) is 0 Å². The fourth-order valence-electron chi connectivity index (χ4n) is 4.51. The first kappa shape index (κ1) is 53.7. The van der Waals surface area contributed by atoms with Crippen molar-refractivity contribution in [2.24, 2.45) is 0 Å². The van der Waals surface area contributed by atoms with Crippen molar-refractivity contribution >= 4 is 92.2 Å². The summed E-state index contributed by atoms with van der Waals surface area (Å²) in [6, 6.07) is 7.13. The van der Waals surface area contributed by atoms with Gasteiger partial charge in [-0.3, -0.25) is 0 Å². The maximum Gasteiger partial charge on any atom is 0.516 e. The van der Waals surface area contributed by atoms with Crippen LogP contribution in [-0.4, -0.2) is 91.4 Å². The zero-order valence-electron chi connectivity index (χ0n) is 35.6. The van der Waals surface area contributed by atoms with E-state index in [0.29, 0.717) is 26.4 Å². The molecule has 0 aromatic carbocycles. The molecule has 1 fully saturated rings. The van der Waals surface area contributed by atoms with Crippen LogP contribution in [0.25, 0.3) is 11.3 Å². The first-order valence-corrected chi connectivity index (χ1v) is 20.2. The van der Waals surface area contributed by atoms with Gasteiger partial charge in [-0.05, 0) is 130 Å². The predicted molar refractivity (Wildman–Crippen MR) is 242 cm³/mol. The number of aromatic nitrogens is 10. The van der Waals surface area contributed by atoms with E-state index in [9.17, 15) is 0 Å². The molecule has 0 spiro atoms. The highest BCUT2D eigenvalue weighted by Gasteiger charge is 2.52. The van der Waals surface area contributed by atoms with Gasteiger partial charge in [0.1, 0.15) is 11.0 Å². The normalized spacial score (nSPS) is 13.6. The Morgan fingerprint density at radius 1 is 0.712 bits per heavy atom. The summed E-state index contributed by atoms with van der Waals surface area (Å²) in [5.41, 5.74) is 12.9. The van der Waals surface area contributed by atoms with E-state index in [-0.39, 0.29) is 28.4 Å². The monoisotopic (exact) mass is 960 g/mol. The van der Waals surface area contributed by atoms with Gasteiger partial charge in [-0.2, -0.15) is 10.2 Å². The number of nitrogens with zero attached hydrogens (tertiary/aromatic N) is 10. The first-order valence-electron chi connectivity index (χ1n) is 17.6.